The van der Waals surface area contributed by atoms with Crippen LogP contribution in [0, 0.1) is 0 Å². The van der Waals surface area contributed by atoms with Gasteiger partial charge < -0.3 is 19.5 Å². The van der Waals surface area contributed by atoms with Crippen LogP contribution in [0.5, 0.6) is 5.75 Å². The summed E-state index contributed by atoms with van der Waals surface area (Å²) in [6.07, 6.45) is 6.02. The van der Waals surface area contributed by atoms with Crippen molar-refractivity contribution in [2.45, 2.75) is 38.8 Å². The summed E-state index contributed by atoms with van der Waals surface area (Å²) in [5.41, 5.74) is 6.63. The van der Waals surface area contributed by atoms with Crippen molar-refractivity contribution in [2.75, 3.05) is 40.4 Å². The van der Waals surface area contributed by atoms with Crippen LogP contribution in [0.2, 0.25) is 0 Å². The number of ether oxygens (including phenoxy) is 2. The number of carboxylic acid groups (broad SMARTS) is 1. The van der Waals surface area contributed by atoms with E-state index in [2.05, 4.69) is 37.3 Å². The van der Waals surface area contributed by atoms with Crippen molar-refractivity contribution >= 4 is 38.2 Å². The molecule has 0 radical (unpaired) electrons. The number of amides is 1. The van der Waals surface area contributed by atoms with Crippen LogP contribution in [0.4, 0.5) is 4.79 Å². The maximum atomic E-state index is 11.9. The Kier molecular flexibility index (Phi) is 11.1. The third-order valence-corrected chi connectivity index (χ3v) is 9.79. The number of aromatic nitrogens is 2. The zero-order valence-electron chi connectivity index (χ0n) is 27.1. The summed E-state index contributed by atoms with van der Waals surface area (Å²) in [4.78, 5) is 12.8. The first-order valence-electron chi connectivity index (χ1n) is 15.9. The van der Waals surface area contributed by atoms with Crippen molar-refractivity contribution in [1.29, 1.82) is 0 Å². The number of rotatable bonds is 13. The molecule has 47 heavy (non-hydrogen) atoms. The molecule has 3 aromatic carbocycles. The molecule has 0 aliphatic carbocycles. The van der Waals surface area contributed by atoms with E-state index in [0.29, 0.717) is 5.75 Å². The number of allylic oxidation sites excluding steroid dienone is 1. The standard InChI is InChI=1S/C36H42N4O6S/c1-4-32(27-11-6-5-7-12-27)35(29-16-19-33-30(25-29)26-37-40(33)34-13-8-9-22-46-34)28-14-17-31(18-15-28)45-23-21-39(36(41)42)20-10-24-47(43,44)38(2)3/h5-7,10-12,14-19,24-26,34H,4,8-9,13,20-23H2,1-3H3,(H,41,42)/b24-10+,35-32+. The predicted molar refractivity (Wildman–Crippen MR) is 185 cm³/mol. The summed E-state index contributed by atoms with van der Waals surface area (Å²) in [5.74, 6) is 0.603. The lowest BCUT2D eigenvalue weighted by Gasteiger charge is -2.23. The Bertz CT molecular complexity index is 1830. The third-order valence-electron chi connectivity index (χ3n) is 8.24. The normalized spacial score (nSPS) is 16.0. The molecule has 1 saturated heterocycles. The Morgan fingerprint density at radius 2 is 1.79 bits per heavy atom. The first-order valence-corrected chi connectivity index (χ1v) is 17.4. The molecule has 2 heterocycles. The summed E-state index contributed by atoms with van der Waals surface area (Å²) < 4.78 is 38.9. The van der Waals surface area contributed by atoms with Gasteiger partial charge >= 0.3 is 6.09 Å². The van der Waals surface area contributed by atoms with Crippen molar-refractivity contribution in [3.05, 3.63) is 107 Å². The Hall–Kier alpha value is -4.45. The fourth-order valence-electron chi connectivity index (χ4n) is 5.70. The minimum Gasteiger partial charge on any atom is -0.492 e. The Balaban J connectivity index is 1.38. The quantitative estimate of drug-likeness (QED) is 0.156. The van der Waals surface area contributed by atoms with E-state index in [4.69, 9.17) is 14.6 Å². The van der Waals surface area contributed by atoms with E-state index < -0.39 is 16.1 Å². The Morgan fingerprint density at radius 1 is 1.04 bits per heavy atom. The van der Waals surface area contributed by atoms with Crippen LogP contribution in [-0.4, -0.2) is 79.0 Å². The molecule has 5 rings (SSSR count). The summed E-state index contributed by atoms with van der Waals surface area (Å²) in [5, 5.41) is 16.3. The molecule has 1 aliphatic heterocycles. The van der Waals surface area contributed by atoms with Gasteiger partial charge in [0.15, 0.2) is 6.23 Å². The van der Waals surface area contributed by atoms with Gasteiger partial charge in [-0.2, -0.15) is 5.10 Å². The zero-order valence-corrected chi connectivity index (χ0v) is 27.9. The van der Waals surface area contributed by atoms with E-state index in [-0.39, 0.29) is 25.9 Å². The first kappa shape index (κ1) is 33.9. The Labute approximate surface area is 276 Å². The number of nitrogens with zero attached hydrogens (tertiary/aromatic N) is 4. The molecule has 1 N–H and O–H groups in total. The van der Waals surface area contributed by atoms with Gasteiger partial charge in [-0.05, 0) is 77.8 Å². The zero-order chi connectivity index (χ0) is 33.4. The number of fused-ring (bicyclic) bond motifs is 1. The van der Waals surface area contributed by atoms with Crippen LogP contribution in [0.1, 0.15) is 55.5 Å². The molecule has 0 bridgehead atoms. The van der Waals surface area contributed by atoms with Crippen LogP contribution in [-0.2, 0) is 14.8 Å². The molecule has 0 spiro atoms. The average molecular weight is 659 g/mol. The van der Waals surface area contributed by atoms with E-state index in [1.165, 1.54) is 25.7 Å². The number of hydrogen-bond donors (Lipinski definition) is 1. The SMILES string of the molecule is CC/C(=C(/c1ccc(OCCN(C/C=C/S(=O)(=O)N(C)C)C(=O)O)cc1)c1ccc2c(cnn2C2CCCCO2)c1)c1ccccc1. The second-order valence-electron chi connectivity index (χ2n) is 11.6. The summed E-state index contributed by atoms with van der Waals surface area (Å²) in [7, 11) is -0.735. The summed E-state index contributed by atoms with van der Waals surface area (Å²) in [6.45, 7) is 3.03. The molecule has 1 amide bonds. The van der Waals surface area contributed by atoms with Crippen LogP contribution >= 0.6 is 0 Å². The highest BCUT2D eigenvalue weighted by Crippen LogP contribution is 2.37. The predicted octanol–water partition coefficient (Wildman–Crippen LogP) is 6.87. The van der Waals surface area contributed by atoms with Crippen LogP contribution in [0.3, 0.4) is 0 Å². The maximum absolute atomic E-state index is 11.9. The molecule has 1 aliphatic rings. The minimum absolute atomic E-state index is 0.0385. The first-order chi connectivity index (χ1) is 22.7. The van der Waals surface area contributed by atoms with Gasteiger partial charge in [-0.25, -0.2) is 22.2 Å². The summed E-state index contributed by atoms with van der Waals surface area (Å²) >= 11 is 0. The third kappa shape index (κ3) is 8.29. The number of hydrogen-bond acceptors (Lipinski definition) is 6. The summed E-state index contributed by atoms with van der Waals surface area (Å²) in [6, 6.07) is 24.7. The highest BCUT2D eigenvalue weighted by atomic mass is 32.2. The number of sulfonamides is 1. The molecule has 4 aromatic rings. The van der Waals surface area contributed by atoms with E-state index >= 15 is 0 Å². The second-order valence-corrected chi connectivity index (χ2v) is 13.6. The van der Waals surface area contributed by atoms with Crippen molar-refractivity contribution < 1.29 is 27.8 Å². The molecule has 1 atom stereocenters. The molecule has 11 heteroatoms. The smallest absolute Gasteiger partial charge is 0.407 e. The van der Waals surface area contributed by atoms with E-state index in [9.17, 15) is 18.3 Å². The molecule has 248 valence electrons. The van der Waals surface area contributed by atoms with Gasteiger partial charge in [0.05, 0.1) is 18.3 Å². The van der Waals surface area contributed by atoms with Crippen molar-refractivity contribution in [3.63, 3.8) is 0 Å². The van der Waals surface area contributed by atoms with Gasteiger partial charge in [-0.1, -0.05) is 61.5 Å². The van der Waals surface area contributed by atoms with Gasteiger partial charge in [-0.3, -0.25) is 0 Å². The molecule has 1 unspecified atom stereocenters. The topological polar surface area (TPSA) is 114 Å². The lowest BCUT2D eigenvalue weighted by molar-refractivity contribution is -0.0366. The van der Waals surface area contributed by atoms with Gasteiger partial charge in [-0.15, -0.1) is 0 Å². The van der Waals surface area contributed by atoms with Gasteiger partial charge in [0.2, 0.25) is 10.0 Å². The lowest BCUT2D eigenvalue weighted by atomic mass is 9.88. The van der Waals surface area contributed by atoms with Crippen molar-refractivity contribution in [3.8, 4) is 5.75 Å². The fraction of sp³-hybridized carbons (Fsp3) is 0.333. The number of carbonyl (C=O) groups is 1. The van der Waals surface area contributed by atoms with Crippen molar-refractivity contribution in [1.82, 2.24) is 19.0 Å². The molecule has 0 saturated carbocycles. The lowest BCUT2D eigenvalue weighted by Crippen LogP contribution is -2.33. The molecular formula is C36H42N4O6S. The van der Waals surface area contributed by atoms with E-state index in [1.54, 1.807) is 0 Å². The van der Waals surface area contributed by atoms with E-state index in [1.807, 2.05) is 53.3 Å². The van der Waals surface area contributed by atoms with Gasteiger partial charge in [0.1, 0.15) is 12.4 Å². The van der Waals surface area contributed by atoms with E-state index in [0.717, 1.165) is 80.1 Å². The maximum Gasteiger partial charge on any atom is 0.407 e. The monoisotopic (exact) mass is 658 g/mol. The Morgan fingerprint density at radius 3 is 2.45 bits per heavy atom. The minimum atomic E-state index is -3.57. The van der Waals surface area contributed by atoms with Crippen LogP contribution in [0.15, 0.2) is 90.5 Å². The molecular weight excluding hydrogens is 616 g/mol. The average Bonchev–Trinajstić information content (AvgIpc) is 3.51. The van der Waals surface area contributed by atoms with Crippen molar-refractivity contribution in [2.24, 2.45) is 0 Å². The largest absolute Gasteiger partial charge is 0.492 e. The highest BCUT2D eigenvalue weighted by molar-refractivity contribution is 7.92. The fourth-order valence-corrected chi connectivity index (χ4v) is 6.28. The van der Waals surface area contributed by atoms with Crippen LogP contribution < -0.4 is 4.74 Å². The van der Waals surface area contributed by atoms with Gasteiger partial charge in [0.25, 0.3) is 0 Å². The molecule has 1 fully saturated rings. The van der Waals surface area contributed by atoms with Gasteiger partial charge in [0, 0.05) is 38.0 Å². The second kappa shape index (κ2) is 15.4. The highest BCUT2D eigenvalue weighted by Gasteiger charge is 2.20. The number of benzene rings is 3. The molecule has 10 nitrogen and oxygen atoms in total. The molecule has 1 aromatic heterocycles. The van der Waals surface area contributed by atoms with Crippen LogP contribution in [0.25, 0.3) is 22.0 Å².